The predicted octanol–water partition coefficient (Wildman–Crippen LogP) is 12.7. The summed E-state index contributed by atoms with van der Waals surface area (Å²) >= 11 is 0. The quantitative estimate of drug-likeness (QED) is 0.0382. The summed E-state index contributed by atoms with van der Waals surface area (Å²) in [6, 6.07) is 0. The highest BCUT2D eigenvalue weighted by molar-refractivity contribution is 5.80. The van der Waals surface area contributed by atoms with Crippen molar-refractivity contribution in [1.82, 2.24) is 5.32 Å². The van der Waals surface area contributed by atoms with Crippen LogP contribution in [0.5, 0.6) is 0 Å². The van der Waals surface area contributed by atoms with Gasteiger partial charge in [0, 0.05) is 12.8 Å². The van der Waals surface area contributed by atoms with E-state index in [1.54, 1.807) is 0 Å². The van der Waals surface area contributed by atoms with Gasteiger partial charge in [-0.3, -0.25) is 14.4 Å². The molecule has 0 rings (SSSR count). The Kier molecular flexibility index (Phi) is 37.1. The average molecular weight is 700 g/mol. The van der Waals surface area contributed by atoms with Gasteiger partial charge in [-0.05, 0) is 77.0 Å². The molecule has 0 radical (unpaired) electrons. The maximum atomic E-state index is 12.7. The molecule has 0 aliphatic heterocycles. The standard InChI is InChI=1S/C44H77NO5/c1-3-5-7-9-11-12-13-14-15-16-17-18-19-20-21-22-23-24-26-31-35-39-44(49)50-41(36-32-28-25-10-8-6-4-2)37-33-29-27-30-34-38-42(46)45-40-43(47)48/h5,7,11-12,14-15,17-18,41H,3-4,6,8-10,13,16,19-40H2,1-2H3,(H,45,46)(H,47,48)/b7-5-,12-11-,15-14-,18-17-. The Morgan fingerprint density at radius 2 is 0.980 bits per heavy atom. The molecular weight excluding hydrogens is 622 g/mol. The van der Waals surface area contributed by atoms with Crippen molar-refractivity contribution in [2.24, 2.45) is 0 Å². The molecule has 2 N–H and O–H groups in total. The monoisotopic (exact) mass is 700 g/mol. The minimum atomic E-state index is -1.02. The third kappa shape index (κ3) is 38.2. The van der Waals surface area contributed by atoms with Gasteiger partial charge in [-0.2, -0.15) is 0 Å². The lowest BCUT2D eigenvalue weighted by Gasteiger charge is -2.18. The molecule has 288 valence electrons. The molecule has 0 heterocycles. The van der Waals surface area contributed by atoms with Crippen LogP contribution in [0.15, 0.2) is 48.6 Å². The Labute approximate surface area is 308 Å². The van der Waals surface area contributed by atoms with Gasteiger partial charge in [0.05, 0.1) is 0 Å². The molecule has 0 spiro atoms. The van der Waals surface area contributed by atoms with E-state index in [9.17, 15) is 14.4 Å². The van der Waals surface area contributed by atoms with E-state index in [2.05, 4.69) is 67.8 Å². The van der Waals surface area contributed by atoms with E-state index >= 15 is 0 Å². The molecule has 1 unspecified atom stereocenters. The Bertz CT molecular complexity index is 906. The lowest BCUT2D eigenvalue weighted by atomic mass is 10.0. The van der Waals surface area contributed by atoms with E-state index in [0.29, 0.717) is 12.8 Å². The van der Waals surface area contributed by atoms with Gasteiger partial charge in [0.1, 0.15) is 12.6 Å². The van der Waals surface area contributed by atoms with Crippen LogP contribution in [0.1, 0.15) is 200 Å². The van der Waals surface area contributed by atoms with Crippen LogP contribution in [0.4, 0.5) is 0 Å². The first-order chi connectivity index (χ1) is 24.5. The third-order valence-corrected chi connectivity index (χ3v) is 9.02. The molecule has 0 saturated heterocycles. The van der Waals surface area contributed by atoms with Crippen molar-refractivity contribution >= 4 is 17.8 Å². The van der Waals surface area contributed by atoms with Crippen molar-refractivity contribution in [3.05, 3.63) is 48.6 Å². The number of nitrogens with one attached hydrogen (secondary N) is 1. The zero-order valence-corrected chi connectivity index (χ0v) is 32.5. The van der Waals surface area contributed by atoms with Gasteiger partial charge in [0.2, 0.25) is 5.91 Å². The number of carboxylic acid groups (broad SMARTS) is 1. The van der Waals surface area contributed by atoms with Gasteiger partial charge in [-0.25, -0.2) is 0 Å². The van der Waals surface area contributed by atoms with Gasteiger partial charge < -0.3 is 15.2 Å². The van der Waals surface area contributed by atoms with E-state index in [4.69, 9.17) is 9.84 Å². The van der Waals surface area contributed by atoms with Crippen LogP contribution in [0.3, 0.4) is 0 Å². The second-order valence-electron chi connectivity index (χ2n) is 13.9. The van der Waals surface area contributed by atoms with E-state index in [1.165, 1.54) is 83.5 Å². The van der Waals surface area contributed by atoms with Gasteiger partial charge in [0.15, 0.2) is 0 Å². The zero-order valence-electron chi connectivity index (χ0n) is 32.5. The molecule has 1 amide bonds. The number of unbranched alkanes of at least 4 members (excludes halogenated alkanes) is 18. The molecule has 0 saturated carbocycles. The van der Waals surface area contributed by atoms with Crippen molar-refractivity contribution in [3.8, 4) is 0 Å². The number of carboxylic acids is 1. The molecule has 0 bridgehead atoms. The van der Waals surface area contributed by atoms with Gasteiger partial charge in [-0.1, -0.05) is 159 Å². The molecule has 0 aliphatic rings. The van der Waals surface area contributed by atoms with Crippen LogP contribution in [0.2, 0.25) is 0 Å². The minimum Gasteiger partial charge on any atom is -0.480 e. The van der Waals surface area contributed by atoms with Gasteiger partial charge in [-0.15, -0.1) is 0 Å². The second kappa shape index (κ2) is 39.2. The summed E-state index contributed by atoms with van der Waals surface area (Å²) in [7, 11) is 0. The van der Waals surface area contributed by atoms with Crippen molar-refractivity contribution in [3.63, 3.8) is 0 Å². The van der Waals surface area contributed by atoms with Crippen LogP contribution in [0, 0.1) is 0 Å². The smallest absolute Gasteiger partial charge is 0.322 e. The predicted molar refractivity (Wildman–Crippen MR) is 212 cm³/mol. The molecule has 0 fully saturated rings. The fourth-order valence-corrected chi connectivity index (χ4v) is 5.98. The Hall–Kier alpha value is -2.63. The second-order valence-corrected chi connectivity index (χ2v) is 13.9. The molecule has 6 heteroatoms. The number of rotatable bonds is 37. The number of carbonyl (C=O) groups is 3. The molecular formula is C44H77NO5. The van der Waals surface area contributed by atoms with Crippen LogP contribution in [0.25, 0.3) is 0 Å². The molecule has 0 aromatic heterocycles. The van der Waals surface area contributed by atoms with E-state index in [1.807, 2.05) is 0 Å². The highest BCUT2D eigenvalue weighted by atomic mass is 16.5. The van der Waals surface area contributed by atoms with Crippen molar-refractivity contribution in [2.45, 2.75) is 206 Å². The summed E-state index contributed by atoms with van der Waals surface area (Å²) < 4.78 is 5.99. The maximum absolute atomic E-state index is 12.7. The third-order valence-electron chi connectivity index (χ3n) is 9.02. The molecule has 0 aromatic carbocycles. The van der Waals surface area contributed by atoms with Crippen LogP contribution >= 0.6 is 0 Å². The van der Waals surface area contributed by atoms with Gasteiger partial charge in [0.25, 0.3) is 0 Å². The lowest BCUT2D eigenvalue weighted by molar-refractivity contribution is -0.150. The van der Waals surface area contributed by atoms with Crippen molar-refractivity contribution < 1.29 is 24.2 Å². The number of carbonyl (C=O) groups excluding carboxylic acids is 2. The average Bonchev–Trinajstić information content (AvgIpc) is 3.10. The molecule has 0 aliphatic carbocycles. The summed E-state index contributed by atoms with van der Waals surface area (Å²) in [5.41, 5.74) is 0. The summed E-state index contributed by atoms with van der Waals surface area (Å²) in [5.74, 6) is -1.24. The topological polar surface area (TPSA) is 92.7 Å². The summed E-state index contributed by atoms with van der Waals surface area (Å²) in [5, 5.41) is 11.1. The zero-order chi connectivity index (χ0) is 36.6. The molecule has 6 nitrogen and oxygen atoms in total. The SMILES string of the molecule is CC/C=C\C/C=C\C/C=C\C/C=C\CCCCCCCCCCC(=O)OC(CCCCCCCCC)CCCCCCCC(=O)NCC(=O)O. The fraction of sp³-hybridized carbons (Fsp3) is 0.750. The maximum Gasteiger partial charge on any atom is 0.322 e. The lowest BCUT2D eigenvalue weighted by Crippen LogP contribution is -2.28. The number of amides is 1. The number of hydrogen-bond donors (Lipinski definition) is 2. The minimum absolute atomic E-state index is 0.0246. The van der Waals surface area contributed by atoms with Crippen LogP contribution < -0.4 is 5.32 Å². The molecule has 1 atom stereocenters. The number of allylic oxidation sites excluding steroid dienone is 8. The largest absolute Gasteiger partial charge is 0.480 e. The number of hydrogen-bond acceptors (Lipinski definition) is 4. The summed E-state index contributed by atoms with van der Waals surface area (Å²) in [6.07, 6.45) is 49.5. The highest BCUT2D eigenvalue weighted by Crippen LogP contribution is 2.19. The summed E-state index contributed by atoms with van der Waals surface area (Å²) in [4.78, 5) is 34.9. The summed E-state index contributed by atoms with van der Waals surface area (Å²) in [6.45, 7) is 4.09. The first-order valence-electron chi connectivity index (χ1n) is 20.8. The van der Waals surface area contributed by atoms with E-state index in [-0.39, 0.29) is 24.5 Å². The van der Waals surface area contributed by atoms with E-state index < -0.39 is 5.97 Å². The molecule has 0 aromatic rings. The highest BCUT2D eigenvalue weighted by Gasteiger charge is 2.14. The number of esters is 1. The Balaban J connectivity index is 3.99. The Morgan fingerprint density at radius 3 is 1.50 bits per heavy atom. The Morgan fingerprint density at radius 1 is 0.540 bits per heavy atom. The number of aliphatic carboxylic acids is 1. The van der Waals surface area contributed by atoms with E-state index in [0.717, 1.165) is 89.9 Å². The fourth-order valence-electron chi connectivity index (χ4n) is 5.98. The first kappa shape index (κ1) is 47.4. The number of ether oxygens (including phenoxy) is 1. The van der Waals surface area contributed by atoms with Crippen LogP contribution in [-0.4, -0.2) is 35.6 Å². The van der Waals surface area contributed by atoms with Gasteiger partial charge >= 0.3 is 11.9 Å². The van der Waals surface area contributed by atoms with Crippen molar-refractivity contribution in [2.75, 3.05) is 6.54 Å². The first-order valence-corrected chi connectivity index (χ1v) is 20.8. The molecule has 50 heavy (non-hydrogen) atoms. The normalized spacial score (nSPS) is 12.5. The van der Waals surface area contributed by atoms with Crippen LogP contribution in [-0.2, 0) is 19.1 Å². The van der Waals surface area contributed by atoms with Crippen molar-refractivity contribution in [1.29, 1.82) is 0 Å².